The number of carbonyl (C=O) groups is 2. The zero-order valence-corrected chi connectivity index (χ0v) is 25.8. The van der Waals surface area contributed by atoms with Crippen LogP contribution in [0.3, 0.4) is 0 Å². The van der Waals surface area contributed by atoms with Gasteiger partial charge in [-0.2, -0.15) is 4.31 Å². The molecule has 0 heterocycles. The molecule has 0 saturated heterocycles. The van der Waals surface area contributed by atoms with Crippen molar-refractivity contribution >= 4 is 27.7 Å². The summed E-state index contributed by atoms with van der Waals surface area (Å²) in [6.45, 7) is 1.05. The maximum Gasteiger partial charge on any atom is 0.407 e. The highest BCUT2D eigenvalue weighted by molar-refractivity contribution is 7.89. The van der Waals surface area contributed by atoms with Crippen LogP contribution in [0.4, 0.5) is 14.9 Å². The highest BCUT2D eigenvalue weighted by Crippen LogP contribution is 2.29. The Morgan fingerprint density at radius 1 is 0.955 bits per heavy atom. The fraction of sp³-hybridized carbons (Fsp3) is 0.375. The van der Waals surface area contributed by atoms with Crippen molar-refractivity contribution in [2.24, 2.45) is 0 Å². The van der Waals surface area contributed by atoms with Crippen molar-refractivity contribution in [2.45, 2.75) is 55.3 Å². The van der Waals surface area contributed by atoms with Gasteiger partial charge in [-0.3, -0.25) is 4.79 Å². The molecule has 0 bridgehead atoms. The van der Waals surface area contributed by atoms with Gasteiger partial charge in [0.1, 0.15) is 12.2 Å². The van der Waals surface area contributed by atoms with E-state index in [0.29, 0.717) is 12.1 Å². The monoisotopic (exact) mass is 628 g/mol. The van der Waals surface area contributed by atoms with Gasteiger partial charge >= 0.3 is 6.09 Å². The molecular formula is C32H41FN4O6S. The molecule has 0 fully saturated rings. The third kappa shape index (κ3) is 9.25. The molecule has 0 aliphatic rings. The summed E-state index contributed by atoms with van der Waals surface area (Å²) >= 11 is 0. The van der Waals surface area contributed by atoms with E-state index in [4.69, 9.17) is 10.5 Å². The Hall–Kier alpha value is -4.00. The van der Waals surface area contributed by atoms with Crippen LogP contribution in [0.2, 0.25) is 0 Å². The number of nitrogens with two attached hydrogens (primary N) is 1. The lowest BCUT2D eigenvalue weighted by Crippen LogP contribution is -2.51. The Balaban J connectivity index is 1.73. The SMILES string of the molecule is CCCN([C@H](CO)CC[C@H](F)CNC(=O)[C@@H](NC(=O)OC)C(c1ccccc1)c1ccccc1)S(=O)(=O)c1ccc(N)cc1. The van der Waals surface area contributed by atoms with Gasteiger partial charge in [-0.15, -0.1) is 0 Å². The van der Waals surface area contributed by atoms with Crippen molar-refractivity contribution in [3.63, 3.8) is 0 Å². The van der Waals surface area contributed by atoms with Crippen molar-refractivity contribution < 1.29 is 32.2 Å². The lowest BCUT2D eigenvalue weighted by molar-refractivity contribution is -0.123. The molecule has 44 heavy (non-hydrogen) atoms. The molecule has 0 aromatic heterocycles. The predicted octanol–water partition coefficient (Wildman–Crippen LogP) is 3.82. The fourth-order valence-corrected chi connectivity index (χ4v) is 6.74. The molecular weight excluding hydrogens is 587 g/mol. The highest BCUT2D eigenvalue weighted by Gasteiger charge is 2.34. The average Bonchev–Trinajstić information content (AvgIpc) is 3.04. The van der Waals surface area contributed by atoms with Gasteiger partial charge in [0.05, 0.1) is 18.6 Å². The number of nitrogens with one attached hydrogen (secondary N) is 2. The van der Waals surface area contributed by atoms with Gasteiger partial charge in [0.15, 0.2) is 0 Å². The normalized spacial score (nSPS) is 13.7. The first-order valence-corrected chi connectivity index (χ1v) is 15.9. The first-order chi connectivity index (χ1) is 21.1. The van der Waals surface area contributed by atoms with E-state index in [1.165, 1.54) is 35.7 Å². The van der Waals surface area contributed by atoms with E-state index in [1.54, 1.807) is 0 Å². The van der Waals surface area contributed by atoms with Crippen molar-refractivity contribution in [2.75, 3.05) is 32.5 Å². The number of aliphatic hydroxyl groups excluding tert-OH is 1. The zero-order chi connectivity index (χ0) is 32.1. The molecule has 3 aromatic carbocycles. The summed E-state index contributed by atoms with van der Waals surface area (Å²) < 4.78 is 47.9. The highest BCUT2D eigenvalue weighted by atomic mass is 32.2. The van der Waals surface area contributed by atoms with Gasteiger partial charge in [0.2, 0.25) is 15.9 Å². The molecule has 0 radical (unpaired) electrons. The second kappa shape index (κ2) is 16.7. The number of methoxy groups -OCH3 is 1. The van der Waals surface area contributed by atoms with E-state index in [2.05, 4.69) is 10.6 Å². The largest absolute Gasteiger partial charge is 0.453 e. The van der Waals surface area contributed by atoms with E-state index in [9.17, 15) is 23.1 Å². The van der Waals surface area contributed by atoms with Crippen LogP contribution in [-0.2, 0) is 19.6 Å². The summed E-state index contributed by atoms with van der Waals surface area (Å²) in [7, 11) is -2.79. The van der Waals surface area contributed by atoms with E-state index < -0.39 is 52.8 Å². The number of alkyl halides is 1. The minimum Gasteiger partial charge on any atom is -0.453 e. The van der Waals surface area contributed by atoms with Gasteiger partial charge in [0, 0.05) is 30.7 Å². The number of sulfonamides is 1. The van der Waals surface area contributed by atoms with E-state index in [-0.39, 0.29) is 30.8 Å². The molecule has 3 aromatic rings. The topological polar surface area (TPSA) is 151 Å². The van der Waals surface area contributed by atoms with Crippen LogP contribution in [0, 0.1) is 0 Å². The van der Waals surface area contributed by atoms with Crippen LogP contribution in [0.5, 0.6) is 0 Å². The molecule has 238 valence electrons. The van der Waals surface area contributed by atoms with Gasteiger partial charge < -0.3 is 26.2 Å². The quantitative estimate of drug-likeness (QED) is 0.176. The second-order valence-corrected chi connectivity index (χ2v) is 12.2. The number of nitrogen functional groups attached to an aromatic ring is 1. The number of carbonyl (C=O) groups excluding carboxylic acids is 2. The molecule has 0 aliphatic heterocycles. The number of rotatable bonds is 16. The van der Waals surface area contributed by atoms with Crippen molar-refractivity contribution in [1.82, 2.24) is 14.9 Å². The number of hydrogen-bond acceptors (Lipinski definition) is 7. The third-order valence-corrected chi connectivity index (χ3v) is 9.22. The van der Waals surface area contributed by atoms with Crippen molar-refractivity contribution in [3.8, 4) is 0 Å². The van der Waals surface area contributed by atoms with Crippen LogP contribution in [-0.4, -0.2) is 74.9 Å². The molecule has 0 saturated carbocycles. The Kier molecular flexibility index (Phi) is 13.1. The molecule has 0 aliphatic carbocycles. The summed E-state index contributed by atoms with van der Waals surface area (Å²) in [4.78, 5) is 25.8. The lowest BCUT2D eigenvalue weighted by atomic mass is 9.84. The number of amides is 2. The molecule has 10 nitrogen and oxygen atoms in total. The Morgan fingerprint density at radius 3 is 2.02 bits per heavy atom. The summed E-state index contributed by atoms with van der Waals surface area (Å²) in [6, 6.07) is 22.1. The number of hydrogen-bond donors (Lipinski definition) is 4. The Morgan fingerprint density at radius 2 is 1.52 bits per heavy atom. The van der Waals surface area contributed by atoms with Gasteiger partial charge in [-0.25, -0.2) is 17.6 Å². The number of aliphatic hydroxyl groups is 1. The van der Waals surface area contributed by atoms with Crippen LogP contribution in [0.15, 0.2) is 89.8 Å². The first-order valence-electron chi connectivity index (χ1n) is 14.5. The molecule has 0 spiro atoms. The van der Waals surface area contributed by atoms with Crippen LogP contribution >= 0.6 is 0 Å². The van der Waals surface area contributed by atoms with Gasteiger partial charge in [-0.05, 0) is 54.7 Å². The van der Waals surface area contributed by atoms with Gasteiger partial charge in [0.25, 0.3) is 0 Å². The fourth-order valence-electron chi connectivity index (χ4n) is 5.00. The minimum atomic E-state index is -3.98. The maximum absolute atomic E-state index is 15.2. The lowest BCUT2D eigenvalue weighted by Gasteiger charge is -2.30. The third-order valence-electron chi connectivity index (χ3n) is 7.25. The summed E-state index contributed by atoms with van der Waals surface area (Å²) in [5.74, 6) is -1.22. The first kappa shape index (κ1) is 34.5. The van der Waals surface area contributed by atoms with Crippen LogP contribution < -0.4 is 16.4 Å². The van der Waals surface area contributed by atoms with Crippen LogP contribution in [0.25, 0.3) is 0 Å². The minimum absolute atomic E-state index is 0.0161. The molecule has 12 heteroatoms. The summed E-state index contributed by atoms with van der Waals surface area (Å²) in [5, 5.41) is 15.3. The number of benzene rings is 3. The maximum atomic E-state index is 15.2. The Labute approximate surface area is 258 Å². The zero-order valence-electron chi connectivity index (χ0n) is 24.9. The van der Waals surface area contributed by atoms with E-state index in [0.717, 1.165) is 11.1 Å². The number of halogens is 1. The van der Waals surface area contributed by atoms with E-state index in [1.807, 2.05) is 67.6 Å². The Bertz CT molecular complexity index is 1390. The number of ether oxygens (including phenoxy) is 1. The molecule has 3 rings (SSSR count). The number of anilines is 1. The van der Waals surface area contributed by atoms with Gasteiger partial charge in [-0.1, -0.05) is 67.6 Å². The summed E-state index contributed by atoms with van der Waals surface area (Å²) in [5.41, 5.74) is 7.63. The predicted molar refractivity (Wildman–Crippen MR) is 167 cm³/mol. The molecule has 0 unspecified atom stereocenters. The molecule has 3 atom stereocenters. The standard InChI is InChI=1S/C32H41FN4O6S/c1-3-20-37(44(41,42)28-18-15-26(34)16-19-28)27(22-38)17-14-25(33)21-35-31(39)30(36-32(40)43-2)29(23-10-6-4-7-11-23)24-12-8-5-9-13-24/h4-13,15-16,18-19,25,27,29-30,38H,3,14,17,20-22,34H2,1-2H3,(H,35,39)(H,36,40)/t25-,27-,30-/m0/s1. The molecule has 2 amide bonds. The smallest absolute Gasteiger partial charge is 0.407 e. The molecule has 5 N–H and O–H groups in total. The van der Waals surface area contributed by atoms with Crippen molar-refractivity contribution in [3.05, 3.63) is 96.1 Å². The average molecular weight is 629 g/mol. The van der Waals surface area contributed by atoms with Crippen molar-refractivity contribution in [1.29, 1.82) is 0 Å². The summed E-state index contributed by atoms with van der Waals surface area (Å²) in [6.07, 6.45) is -2.00. The van der Waals surface area contributed by atoms with Crippen LogP contribution in [0.1, 0.15) is 43.2 Å². The second-order valence-electron chi connectivity index (χ2n) is 10.4. The van der Waals surface area contributed by atoms with E-state index >= 15 is 4.39 Å². The number of nitrogens with zero attached hydrogens (tertiary/aromatic N) is 1. The number of alkyl carbamates (subject to hydrolysis) is 1.